The Morgan fingerprint density at radius 1 is 0.333 bits per heavy atom. The van der Waals surface area contributed by atoms with Crippen molar-refractivity contribution in [3.05, 3.63) is 60.8 Å². The topological polar surface area (TPSA) is 78.9 Å². The van der Waals surface area contributed by atoms with Crippen molar-refractivity contribution in [3.8, 4) is 0 Å². The molecule has 1 atom stereocenters. The molecule has 0 aromatic rings. The van der Waals surface area contributed by atoms with Crippen LogP contribution < -0.4 is 0 Å². The summed E-state index contributed by atoms with van der Waals surface area (Å²) in [7, 11) is 0. The molecule has 0 aromatic carbocycles. The zero-order valence-electron chi connectivity index (χ0n) is 41.6. The summed E-state index contributed by atoms with van der Waals surface area (Å²) in [6.07, 6.45) is 63.5. The van der Waals surface area contributed by atoms with Crippen molar-refractivity contribution in [1.29, 1.82) is 0 Å². The summed E-state index contributed by atoms with van der Waals surface area (Å²) in [6.45, 7) is 6.46. The quantitative estimate of drug-likeness (QED) is 0.0262. The Bertz CT molecular complexity index is 1150. The molecule has 0 fully saturated rings. The predicted octanol–water partition coefficient (Wildman–Crippen LogP) is 17.6. The molecular formula is C57H100O6. The minimum absolute atomic E-state index is 0.0792. The highest BCUT2D eigenvalue weighted by Crippen LogP contribution is 2.15. The average Bonchev–Trinajstić information content (AvgIpc) is 3.28. The second-order valence-electron chi connectivity index (χ2n) is 17.8. The van der Waals surface area contributed by atoms with Crippen LogP contribution in [0.25, 0.3) is 0 Å². The van der Waals surface area contributed by atoms with Gasteiger partial charge in [-0.3, -0.25) is 14.4 Å². The molecule has 6 heteroatoms. The second kappa shape index (κ2) is 51.7. The SMILES string of the molecule is CC/C=C\C/C=C\C/C=C\C/C=C\CCCCCCCCCCC(=O)OCC(COC(=O)CCCCCCC/C=C\CCC)OC(=O)CCCCCCCCCCCCCCCC. The van der Waals surface area contributed by atoms with Crippen molar-refractivity contribution in [2.75, 3.05) is 13.2 Å². The molecule has 63 heavy (non-hydrogen) atoms. The first-order valence-electron chi connectivity index (χ1n) is 26.8. The maximum absolute atomic E-state index is 12.8. The molecule has 0 radical (unpaired) electrons. The maximum atomic E-state index is 12.8. The molecule has 0 aliphatic heterocycles. The smallest absolute Gasteiger partial charge is 0.306 e. The molecule has 0 saturated carbocycles. The van der Waals surface area contributed by atoms with Gasteiger partial charge in [-0.15, -0.1) is 0 Å². The number of carbonyl (C=O) groups is 3. The van der Waals surface area contributed by atoms with E-state index in [1.54, 1.807) is 0 Å². The first-order valence-corrected chi connectivity index (χ1v) is 26.8. The number of hydrogen-bond donors (Lipinski definition) is 0. The van der Waals surface area contributed by atoms with Gasteiger partial charge in [-0.2, -0.15) is 0 Å². The predicted molar refractivity (Wildman–Crippen MR) is 270 cm³/mol. The molecule has 0 aliphatic carbocycles. The van der Waals surface area contributed by atoms with Gasteiger partial charge in [0.25, 0.3) is 0 Å². The lowest BCUT2D eigenvalue weighted by Gasteiger charge is -2.18. The highest BCUT2D eigenvalue weighted by atomic mass is 16.6. The highest BCUT2D eigenvalue weighted by molar-refractivity contribution is 5.71. The molecule has 0 saturated heterocycles. The summed E-state index contributed by atoms with van der Waals surface area (Å²) >= 11 is 0. The van der Waals surface area contributed by atoms with Gasteiger partial charge in [-0.1, -0.05) is 229 Å². The van der Waals surface area contributed by atoms with Crippen LogP contribution >= 0.6 is 0 Å². The molecule has 0 spiro atoms. The molecular weight excluding hydrogens is 781 g/mol. The summed E-state index contributed by atoms with van der Waals surface area (Å²) in [5, 5.41) is 0. The monoisotopic (exact) mass is 881 g/mol. The van der Waals surface area contributed by atoms with Crippen molar-refractivity contribution >= 4 is 17.9 Å². The fourth-order valence-corrected chi connectivity index (χ4v) is 7.49. The first kappa shape index (κ1) is 60.1. The first-order chi connectivity index (χ1) is 31.0. The maximum Gasteiger partial charge on any atom is 0.306 e. The third-order valence-corrected chi connectivity index (χ3v) is 11.5. The van der Waals surface area contributed by atoms with E-state index in [9.17, 15) is 14.4 Å². The summed E-state index contributed by atoms with van der Waals surface area (Å²) in [5.41, 5.74) is 0. The Morgan fingerprint density at radius 3 is 1.05 bits per heavy atom. The summed E-state index contributed by atoms with van der Waals surface area (Å²) in [5.74, 6) is -0.890. The molecule has 0 amide bonds. The summed E-state index contributed by atoms with van der Waals surface area (Å²) in [6, 6.07) is 0. The standard InChI is InChI=1S/C57H100O6/c1-4-7-10-13-16-19-22-24-26-27-28-29-30-31-32-34-35-38-41-44-47-50-56(59)62-53-54(52-61-55(58)49-46-43-40-37-21-18-15-12-9-6-3)63-57(60)51-48-45-42-39-36-33-25-23-20-17-14-11-8-5-2/h7,10,12,15-16,19,24,26,28-29,54H,4-6,8-9,11,13-14,17-18,20-23,25,27,30-53H2,1-3H3/b10-7-,15-12-,19-16-,26-24-,29-28-. The number of esters is 3. The van der Waals surface area contributed by atoms with E-state index in [0.29, 0.717) is 19.3 Å². The van der Waals surface area contributed by atoms with Gasteiger partial charge >= 0.3 is 17.9 Å². The minimum atomic E-state index is -0.777. The van der Waals surface area contributed by atoms with Crippen LogP contribution in [-0.4, -0.2) is 37.2 Å². The molecule has 0 heterocycles. The van der Waals surface area contributed by atoms with Gasteiger partial charge in [-0.05, 0) is 77.0 Å². The summed E-state index contributed by atoms with van der Waals surface area (Å²) in [4.78, 5) is 38.0. The molecule has 0 aromatic heterocycles. The van der Waals surface area contributed by atoms with Gasteiger partial charge in [-0.25, -0.2) is 0 Å². The van der Waals surface area contributed by atoms with Gasteiger partial charge in [0.15, 0.2) is 6.10 Å². The van der Waals surface area contributed by atoms with E-state index >= 15 is 0 Å². The van der Waals surface area contributed by atoms with Crippen molar-refractivity contribution in [1.82, 2.24) is 0 Å². The zero-order valence-corrected chi connectivity index (χ0v) is 41.6. The van der Waals surface area contributed by atoms with Crippen molar-refractivity contribution in [3.63, 3.8) is 0 Å². The van der Waals surface area contributed by atoms with Gasteiger partial charge in [0.1, 0.15) is 13.2 Å². The van der Waals surface area contributed by atoms with Crippen LogP contribution in [0, 0.1) is 0 Å². The van der Waals surface area contributed by atoms with Crippen molar-refractivity contribution < 1.29 is 28.6 Å². The van der Waals surface area contributed by atoms with E-state index in [0.717, 1.165) is 103 Å². The highest BCUT2D eigenvalue weighted by Gasteiger charge is 2.19. The fraction of sp³-hybridized carbons (Fsp3) is 0.772. The van der Waals surface area contributed by atoms with Crippen molar-refractivity contribution in [2.24, 2.45) is 0 Å². The molecule has 364 valence electrons. The number of allylic oxidation sites excluding steroid dienone is 10. The molecule has 0 N–H and O–H groups in total. The van der Waals surface area contributed by atoms with E-state index < -0.39 is 6.10 Å². The molecule has 6 nitrogen and oxygen atoms in total. The lowest BCUT2D eigenvalue weighted by atomic mass is 10.0. The van der Waals surface area contributed by atoms with E-state index in [2.05, 4.69) is 81.5 Å². The van der Waals surface area contributed by atoms with E-state index in [1.165, 1.54) is 122 Å². The zero-order chi connectivity index (χ0) is 45.8. The second-order valence-corrected chi connectivity index (χ2v) is 17.8. The van der Waals surface area contributed by atoms with Crippen molar-refractivity contribution in [2.45, 2.75) is 271 Å². The molecule has 0 aliphatic rings. The van der Waals surface area contributed by atoms with Crippen LogP contribution in [0.4, 0.5) is 0 Å². The number of rotatable bonds is 48. The van der Waals surface area contributed by atoms with E-state index in [4.69, 9.17) is 14.2 Å². The Kier molecular flexibility index (Phi) is 49.4. The van der Waals surface area contributed by atoms with Crippen LogP contribution in [0.5, 0.6) is 0 Å². The largest absolute Gasteiger partial charge is 0.462 e. The van der Waals surface area contributed by atoms with Crippen LogP contribution in [0.3, 0.4) is 0 Å². The third-order valence-electron chi connectivity index (χ3n) is 11.5. The number of unbranched alkanes of at least 4 members (excludes halogenated alkanes) is 27. The van der Waals surface area contributed by atoms with Gasteiger partial charge < -0.3 is 14.2 Å². The fourth-order valence-electron chi connectivity index (χ4n) is 7.49. The van der Waals surface area contributed by atoms with Crippen LogP contribution in [0.2, 0.25) is 0 Å². The van der Waals surface area contributed by atoms with E-state index in [1.807, 2.05) is 0 Å². The molecule has 1 unspecified atom stereocenters. The molecule has 0 rings (SSSR count). The minimum Gasteiger partial charge on any atom is -0.462 e. The number of carbonyl (C=O) groups excluding carboxylic acids is 3. The average molecular weight is 881 g/mol. The molecule has 0 bridgehead atoms. The number of hydrogen-bond acceptors (Lipinski definition) is 6. The van der Waals surface area contributed by atoms with Gasteiger partial charge in [0, 0.05) is 19.3 Å². The van der Waals surface area contributed by atoms with Gasteiger partial charge in [0.05, 0.1) is 0 Å². The number of ether oxygens (including phenoxy) is 3. The Labute approximate surface area is 390 Å². The Balaban J connectivity index is 4.30. The lowest BCUT2D eigenvalue weighted by molar-refractivity contribution is -0.167. The Morgan fingerprint density at radius 2 is 0.651 bits per heavy atom. The van der Waals surface area contributed by atoms with Crippen LogP contribution in [-0.2, 0) is 28.6 Å². The third kappa shape index (κ3) is 50.0. The van der Waals surface area contributed by atoms with E-state index in [-0.39, 0.29) is 31.1 Å². The van der Waals surface area contributed by atoms with Crippen LogP contribution in [0.1, 0.15) is 265 Å². The Hall–Kier alpha value is -2.89. The lowest BCUT2D eigenvalue weighted by Crippen LogP contribution is -2.30. The van der Waals surface area contributed by atoms with Gasteiger partial charge in [0.2, 0.25) is 0 Å². The van der Waals surface area contributed by atoms with Crippen LogP contribution in [0.15, 0.2) is 60.8 Å². The summed E-state index contributed by atoms with van der Waals surface area (Å²) < 4.78 is 16.8. The normalized spacial score (nSPS) is 12.5.